The SMILES string of the molecule is COc1ccc2[nH]cc(CC(=O)Nc3cnn(COC(=O)C(C)(C)C)c3)c2c1. The van der Waals surface area contributed by atoms with E-state index in [1.807, 2.05) is 24.4 Å². The van der Waals surface area contributed by atoms with Gasteiger partial charge >= 0.3 is 5.97 Å². The van der Waals surface area contributed by atoms with E-state index in [1.54, 1.807) is 34.1 Å². The third-order valence-corrected chi connectivity index (χ3v) is 4.18. The molecule has 0 spiro atoms. The summed E-state index contributed by atoms with van der Waals surface area (Å²) in [4.78, 5) is 27.4. The third-order valence-electron chi connectivity index (χ3n) is 4.18. The van der Waals surface area contributed by atoms with Gasteiger partial charge in [0, 0.05) is 17.1 Å². The minimum atomic E-state index is -0.577. The van der Waals surface area contributed by atoms with Gasteiger partial charge < -0.3 is 19.8 Å². The zero-order chi connectivity index (χ0) is 20.3. The molecule has 0 bridgehead atoms. The standard InChI is InChI=1S/C20H24N4O4/c1-20(2,3)19(26)28-12-24-11-14(10-22-24)23-18(25)7-13-9-21-17-6-5-15(27-4)8-16(13)17/h5-6,8-11,21H,7,12H2,1-4H3,(H,23,25). The summed E-state index contributed by atoms with van der Waals surface area (Å²) in [5.74, 6) is 0.248. The normalized spacial score (nSPS) is 11.4. The zero-order valence-electron chi connectivity index (χ0n) is 16.4. The number of fused-ring (bicyclic) bond motifs is 1. The number of H-pyrrole nitrogens is 1. The molecule has 1 aromatic carbocycles. The van der Waals surface area contributed by atoms with Crippen LogP contribution in [0.15, 0.2) is 36.8 Å². The maximum absolute atomic E-state index is 12.4. The highest BCUT2D eigenvalue weighted by Gasteiger charge is 2.23. The average molecular weight is 384 g/mol. The zero-order valence-corrected chi connectivity index (χ0v) is 16.4. The van der Waals surface area contributed by atoms with Gasteiger partial charge in [0.25, 0.3) is 0 Å². The van der Waals surface area contributed by atoms with Gasteiger partial charge in [0.2, 0.25) is 5.91 Å². The Balaban J connectivity index is 1.60. The van der Waals surface area contributed by atoms with Gasteiger partial charge in [-0.1, -0.05) is 0 Å². The number of hydrogen-bond donors (Lipinski definition) is 2. The maximum Gasteiger partial charge on any atom is 0.313 e. The molecule has 3 aromatic rings. The second-order valence-electron chi connectivity index (χ2n) is 7.53. The molecular formula is C20H24N4O4. The van der Waals surface area contributed by atoms with Crippen LogP contribution < -0.4 is 10.1 Å². The highest BCUT2D eigenvalue weighted by Crippen LogP contribution is 2.24. The van der Waals surface area contributed by atoms with Crippen molar-refractivity contribution in [3.8, 4) is 5.75 Å². The van der Waals surface area contributed by atoms with Gasteiger partial charge in [0.1, 0.15) is 5.75 Å². The molecule has 0 radical (unpaired) electrons. The molecule has 2 N–H and O–H groups in total. The number of amides is 1. The topological polar surface area (TPSA) is 98.2 Å². The number of nitrogens with one attached hydrogen (secondary N) is 2. The second-order valence-corrected chi connectivity index (χ2v) is 7.53. The van der Waals surface area contributed by atoms with Crippen molar-refractivity contribution >= 4 is 28.5 Å². The molecule has 0 aliphatic rings. The molecule has 8 nitrogen and oxygen atoms in total. The van der Waals surface area contributed by atoms with Crippen molar-refractivity contribution in [1.82, 2.24) is 14.8 Å². The summed E-state index contributed by atoms with van der Waals surface area (Å²) in [6.45, 7) is 5.34. The fourth-order valence-corrected chi connectivity index (χ4v) is 2.65. The molecule has 1 amide bonds. The van der Waals surface area contributed by atoms with Crippen molar-refractivity contribution in [2.75, 3.05) is 12.4 Å². The fourth-order valence-electron chi connectivity index (χ4n) is 2.65. The Hall–Kier alpha value is -3.29. The number of hydrogen-bond acceptors (Lipinski definition) is 5. The number of ether oxygens (including phenoxy) is 2. The highest BCUT2D eigenvalue weighted by molar-refractivity contribution is 5.95. The molecular weight excluding hydrogens is 360 g/mol. The lowest BCUT2D eigenvalue weighted by Gasteiger charge is -2.16. The largest absolute Gasteiger partial charge is 0.497 e. The Morgan fingerprint density at radius 1 is 1.29 bits per heavy atom. The number of nitrogens with zero attached hydrogens (tertiary/aromatic N) is 2. The van der Waals surface area contributed by atoms with Crippen LogP contribution in [0, 0.1) is 5.41 Å². The number of rotatable bonds is 6. The number of benzene rings is 1. The lowest BCUT2D eigenvalue weighted by Crippen LogP contribution is -2.24. The number of carbonyl (C=O) groups excluding carboxylic acids is 2. The van der Waals surface area contributed by atoms with E-state index in [2.05, 4.69) is 15.4 Å². The molecule has 2 heterocycles. The molecule has 0 unspecified atom stereocenters. The van der Waals surface area contributed by atoms with Crippen LogP contribution in [0.1, 0.15) is 26.3 Å². The van der Waals surface area contributed by atoms with Gasteiger partial charge in [-0.25, -0.2) is 4.68 Å². The minimum absolute atomic E-state index is 0.00574. The van der Waals surface area contributed by atoms with Crippen molar-refractivity contribution in [2.24, 2.45) is 5.41 Å². The van der Waals surface area contributed by atoms with Crippen molar-refractivity contribution in [1.29, 1.82) is 0 Å². The van der Waals surface area contributed by atoms with Crippen molar-refractivity contribution in [3.05, 3.63) is 42.4 Å². The number of aromatic nitrogens is 3. The van der Waals surface area contributed by atoms with Crippen molar-refractivity contribution < 1.29 is 19.1 Å². The van der Waals surface area contributed by atoms with Crippen molar-refractivity contribution in [3.63, 3.8) is 0 Å². The van der Waals surface area contributed by atoms with Gasteiger partial charge in [-0.3, -0.25) is 9.59 Å². The lowest BCUT2D eigenvalue weighted by atomic mass is 9.98. The third kappa shape index (κ3) is 4.51. The van der Waals surface area contributed by atoms with Crippen LogP contribution in [0.25, 0.3) is 10.9 Å². The van der Waals surface area contributed by atoms with Gasteiger partial charge in [0.05, 0.1) is 37.0 Å². The number of carbonyl (C=O) groups is 2. The first-order chi connectivity index (χ1) is 13.3. The fraction of sp³-hybridized carbons (Fsp3) is 0.350. The smallest absolute Gasteiger partial charge is 0.313 e. The maximum atomic E-state index is 12.4. The van der Waals surface area contributed by atoms with Crippen LogP contribution in [0.3, 0.4) is 0 Å². The summed E-state index contributed by atoms with van der Waals surface area (Å²) in [5, 5.41) is 7.84. The molecule has 0 saturated carbocycles. The highest BCUT2D eigenvalue weighted by atomic mass is 16.5. The van der Waals surface area contributed by atoms with E-state index in [0.29, 0.717) is 5.69 Å². The first kappa shape index (κ1) is 19.5. The molecule has 0 atom stereocenters. The summed E-state index contributed by atoms with van der Waals surface area (Å²) >= 11 is 0. The Bertz CT molecular complexity index is 997. The predicted octanol–water partition coefficient (Wildman–Crippen LogP) is 3.10. The molecule has 2 aromatic heterocycles. The molecule has 28 heavy (non-hydrogen) atoms. The van der Waals surface area contributed by atoms with Gasteiger partial charge in [-0.2, -0.15) is 5.10 Å². The summed E-state index contributed by atoms with van der Waals surface area (Å²) in [6.07, 6.45) is 5.16. The van der Waals surface area contributed by atoms with Crippen LogP contribution >= 0.6 is 0 Å². The van der Waals surface area contributed by atoms with E-state index < -0.39 is 5.41 Å². The van der Waals surface area contributed by atoms with Crippen LogP contribution in [0.2, 0.25) is 0 Å². The minimum Gasteiger partial charge on any atom is -0.497 e. The van der Waals surface area contributed by atoms with Crippen LogP contribution in [0.4, 0.5) is 5.69 Å². The molecule has 0 fully saturated rings. The monoisotopic (exact) mass is 384 g/mol. The number of methoxy groups -OCH3 is 1. The summed E-state index contributed by atoms with van der Waals surface area (Å²) in [6, 6.07) is 5.68. The van der Waals surface area contributed by atoms with Crippen LogP contribution in [0.5, 0.6) is 5.75 Å². The van der Waals surface area contributed by atoms with Gasteiger partial charge in [0.15, 0.2) is 6.73 Å². The van der Waals surface area contributed by atoms with E-state index in [4.69, 9.17) is 9.47 Å². The second kappa shape index (κ2) is 7.75. The van der Waals surface area contributed by atoms with E-state index in [1.165, 1.54) is 10.9 Å². The predicted molar refractivity (Wildman–Crippen MR) is 105 cm³/mol. The Kier molecular flexibility index (Phi) is 5.39. The number of aromatic amines is 1. The van der Waals surface area contributed by atoms with Gasteiger partial charge in [-0.15, -0.1) is 0 Å². The summed E-state index contributed by atoms with van der Waals surface area (Å²) < 4.78 is 11.9. The Morgan fingerprint density at radius 3 is 2.79 bits per heavy atom. The summed E-state index contributed by atoms with van der Waals surface area (Å²) in [7, 11) is 1.61. The van der Waals surface area contributed by atoms with Crippen molar-refractivity contribution in [2.45, 2.75) is 33.9 Å². The molecule has 3 rings (SSSR count). The summed E-state index contributed by atoms with van der Waals surface area (Å²) in [5.41, 5.74) is 1.77. The number of esters is 1. The molecule has 0 aliphatic carbocycles. The first-order valence-electron chi connectivity index (χ1n) is 8.90. The molecule has 0 aliphatic heterocycles. The molecule has 8 heteroatoms. The lowest BCUT2D eigenvalue weighted by molar-refractivity contribution is -0.157. The van der Waals surface area contributed by atoms with E-state index in [9.17, 15) is 9.59 Å². The van der Waals surface area contributed by atoms with Gasteiger partial charge in [-0.05, 0) is 44.5 Å². The molecule has 148 valence electrons. The number of anilines is 1. The average Bonchev–Trinajstić information content (AvgIpc) is 3.25. The van der Waals surface area contributed by atoms with Crippen LogP contribution in [-0.2, 0) is 27.5 Å². The first-order valence-corrected chi connectivity index (χ1v) is 8.90. The van der Waals surface area contributed by atoms with E-state index in [-0.39, 0.29) is 25.0 Å². The Morgan fingerprint density at radius 2 is 2.07 bits per heavy atom. The quantitative estimate of drug-likeness (QED) is 0.637. The molecule has 0 saturated heterocycles. The van der Waals surface area contributed by atoms with E-state index in [0.717, 1.165) is 22.2 Å². The Labute approximate surface area is 162 Å². The van der Waals surface area contributed by atoms with Crippen LogP contribution in [-0.4, -0.2) is 33.8 Å². The van der Waals surface area contributed by atoms with E-state index >= 15 is 0 Å².